The number of carboxylic acids is 1. The van der Waals surface area contributed by atoms with E-state index in [0.29, 0.717) is 0 Å². The lowest BCUT2D eigenvalue weighted by molar-refractivity contribution is -0.144. The van der Waals surface area contributed by atoms with Gasteiger partial charge in [-0.2, -0.15) is 0 Å². The number of amides is 6. The molecule has 0 bridgehead atoms. The van der Waals surface area contributed by atoms with Crippen molar-refractivity contribution in [3.8, 4) is 0 Å². The summed E-state index contributed by atoms with van der Waals surface area (Å²) in [5.41, 5.74) is 25.8. The van der Waals surface area contributed by atoms with Crippen molar-refractivity contribution in [2.75, 3.05) is 6.54 Å². The highest BCUT2D eigenvalue weighted by Crippen LogP contribution is 2.03. The van der Waals surface area contributed by atoms with Crippen molar-refractivity contribution in [1.29, 1.82) is 5.41 Å². The fourth-order valence-electron chi connectivity index (χ4n) is 2.74. The van der Waals surface area contributed by atoms with Gasteiger partial charge in [0.1, 0.15) is 18.1 Å². The van der Waals surface area contributed by atoms with Gasteiger partial charge in [-0.05, 0) is 12.8 Å². The maximum atomic E-state index is 12.9. The van der Waals surface area contributed by atoms with E-state index in [9.17, 15) is 33.6 Å². The van der Waals surface area contributed by atoms with Gasteiger partial charge in [0.05, 0.1) is 25.3 Å². The summed E-state index contributed by atoms with van der Waals surface area (Å²) in [4.78, 5) is 82.5. The van der Waals surface area contributed by atoms with E-state index in [1.165, 1.54) is 0 Å². The number of hydrogen-bond acceptors (Lipinski definition) is 9. The summed E-state index contributed by atoms with van der Waals surface area (Å²) in [7, 11) is 0. The Morgan fingerprint density at radius 3 is 1.61 bits per heavy atom. The van der Waals surface area contributed by atoms with Crippen molar-refractivity contribution < 1.29 is 38.7 Å². The molecule has 18 nitrogen and oxygen atoms in total. The minimum atomic E-state index is -1.75. The van der Waals surface area contributed by atoms with Crippen LogP contribution in [-0.4, -0.2) is 83.2 Å². The summed E-state index contributed by atoms with van der Waals surface area (Å²) in [6, 6.07) is -6.17. The molecule has 18 heteroatoms. The number of rotatable bonds is 17. The summed E-state index contributed by atoms with van der Waals surface area (Å²) in [5.74, 6) is -7.95. The molecule has 0 radical (unpaired) electrons. The molecule has 0 heterocycles. The van der Waals surface area contributed by atoms with Gasteiger partial charge < -0.3 is 55.0 Å². The van der Waals surface area contributed by atoms with Crippen molar-refractivity contribution in [1.82, 2.24) is 21.3 Å². The topological polar surface area (TPSA) is 342 Å². The molecule has 0 aromatic carbocycles. The van der Waals surface area contributed by atoms with E-state index in [-0.39, 0.29) is 25.3 Å². The van der Waals surface area contributed by atoms with Crippen molar-refractivity contribution >= 4 is 47.4 Å². The van der Waals surface area contributed by atoms with Crippen molar-refractivity contribution in [2.24, 2.45) is 28.7 Å². The Bertz CT molecular complexity index is 880. The molecule has 0 rings (SSSR count). The Morgan fingerprint density at radius 2 is 1.14 bits per heavy atom. The second kappa shape index (κ2) is 15.4. The van der Waals surface area contributed by atoms with E-state index >= 15 is 0 Å². The molecule has 0 aromatic rings. The molecule has 16 N–H and O–H groups in total. The zero-order valence-electron chi connectivity index (χ0n) is 19.2. The van der Waals surface area contributed by atoms with Crippen LogP contribution in [0.5, 0.6) is 0 Å². The van der Waals surface area contributed by atoms with Crippen LogP contribution >= 0.6 is 0 Å². The Kier molecular flexibility index (Phi) is 13.5. The number of carbonyl (C=O) groups is 7. The summed E-state index contributed by atoms with van der Waals surface area (Å²) in [6.45, 7) is 0.126. The van der Waals surface area contributed by atoms with Crippen LogP contribution in [0.3, 0.4) is 0 Å². The molecule has 0 saturated heterocycles. The van der Waals surface area contributed by atoms with E-state index in [1.54, 1.807) is 0 Å². The van der Waals surface area contributed by atoms with Gasteiger partial charge in [-0.3, -0.25) is 34.2 Å². The van der Waals surface area contributed by atoms with E-state index in [2.05, 4.69) is 16.0 Å². The number of aliphatic carboxylic acids is 1. The highest BCUT2D eigenvalue weighted by molar-refractivity contribution is 5.97. The zero-order chi connectivity index (χ0) is 28.0. The van der Waals surface area contributed by atoms with Gasteiger partial charge in [0.2, 0.25) is 35.4 Å². The molecule has 36 heavy (non-hydrogen) atoms. The second-order valence-electron chi connectivity index (χ2n) is 7.62. The molecule has 0 unspecified atom stereocenters. The third kappa shape index (κ3) is 13.3. The fourth-order valence-corrected chi connectivity index (χ4v) is 2.74. The van der Waals surface area contributed by atoms with Crippen molar-refractivity contribution in [3.63, 3.8) is 0 Å². The Morgan fingerprint density at radius 1 is 0.694 bits per heavy atom. The van der Waals surface area contributed by atoms with Crippen LogP contribution in [0.4, 0.5) is 0 Å². The molecule has 0 fully saturated rings. The van der Waals surface area contributed by atoms with Crippen LogP contribution in [0.1, 0.15) is 32.1 Å². The molecule has 0 aromatic heterocycles. The Labute approximate surface area is 204 Å². The van der Waals surface area contributed by atoms with Crippen molar-refractivity contribution in [3.05, 3.63) is 0 Å². The van der Waals surface area contributed by atoms with Gasteiger partial charge in [-0.25, -0.2) is 4.79 Å². The van der Waals surface area contributed by atoms with Gasteiger partial charge >= 0.3 is 5.97 Å². The third-order valence-corrected chi connectivity index (χ3v) is 4.43. The fraction of sp³-hybridized carbons (Fsp3) is 0.556. The molecule has 4 atom stereocenters. The summed E-state index contributed by atoms with van der Waals surface area (Å²) in [6.07, 6.45) is -1.94. The van der Waals surface area contributed by atoms with Gasteiger partial charge in [0, 0.05) is 6.54 Å². The van der Waals surface area contributed by atoms with Gasteiger partial charge in [0.15, 0.2) is 5.96 Å². The quantitative estimate of drug-likeness (QED) is 0.0490. The largest absolute Gasteiger partial charge is 0.480 e. The first-order valence-electron chi connectivity index (χ1n) is 10.5. The number of hydrogen-bond donors (Lipinski definition) is 11. The molecular formula is C18H32N10O8. The smallest absolute Gasteiger partial charge is 0.326 e. The number of carboxylic acid groups (broad SMARTS) is 1. The summed E-state index contributed by atoms with van der Waals surface area (Å²) < 4.78 is 0. The molecular weight excluding hydrogens is 484 g/mol. The molecule has 0 spiro atoms. The molecule has 0 saturated carbocycles. The SMILES string of the molecule is N=C(N)NCCC[C@H](NC(=O)[C@@H](N)CC(N)=O)C(=O)N[C@@H](CC(N)=O)C(=O)N[C@@H](CC(N)=O)C(=O)O. The highest BCUT2D eigenvalue weighted by Gasteiger charge is 2.31. The second-order valence-corrected chi connectivity index (χ2v) is 7.62. The molecule has 0 aliphatic heterocycles. The average Bonchev–Trinajstić information content (AvgIpc) is 2.73. The first-order valence-corrected chi connectivity index (χ1v) is 10.5. The lowest BCUT2D eigenvalue weighted by Gasteiger charge is -2.24. The number of primary amides is 3. The minimum absolute atomic E-state index is 0.0779. The summed E-state index contributed by atoms with van der Waals surface area (Å²) >= 11 is 0. The summed E-state index contributed by atoms with van der Waals surface area (Å²) in [5, 5.41) is 25.2. The maximum absolute atomic E-state index is 12.9. The van der Waals surface area contributed by atoms with Crippen LogP contribution in [0.25, 0.3) is 0 Å². The van der Waals surface area contributed by atoms with E-state index in [1.807, 2.05) is 5.32 Å². The number of carbonyl (C=O) groups excluding carboxylic acids is 6. The van der Waals surface area contributed by atoms with Crippen LogP contribution in [0.2, 0.25) is 0 Å². The third-order valence-electron chi connectivity index (χ3n) is 4.43. The first-order chi connectivity index (χ1) is 16.6. The Hall–Kier alpha value is -4.48. The number of nitrogens with one attached hydrogen (secondary N) is 5. The number of nitrogens with two attached hydrogens (primary N) is 5. The van der Waals surface area contributed by atoms with E-state index in [4.69, 9.17) is 39.2 Å². The van der Waals surface area contributed by atoms with Gasteiger partial charge in [0.25, 0.3) is 0 Å². The lowest BCUT2D eigenvalue weighted by Crippen LogP contribution is -2.58. The predicted octanol–water partition coefficient (Wildman–Crippen LogP) is -6.26. The standard InChI is InChI=1S/C18H32N10O8/c19-7(4-11(20)29)14(32)26-8(2-1-3-25-18(23)24)15(33)27-9(5-12(21)30)16(34)28-10(17(35)36)6-13(22)31/h7-10H,1-6,19H2,(H2,20,29)(H2,21,30)(H2,22,31)(H,26,32)(H,27,33)(H,28,34)(H,35,36)(H4,23,24,25)/t7-,8-,9-,10-/m0/s1. The predicted molar refractivity (Wildman–Crippen MR) is 122 cm³/mol. The Balaban J connectivity index is 5.63. The molecule has 0 aliphatic carbocycles. The normalized spacial score (nSPS) is 13.7. The van der Waals surface area contributed by atoms with Crippen LogP contribution in [0.15, 0.2) is 0 Å². The minimum Gasteiger partial charge on any atom is -0.480 e. The number of guanidine groups is 1. The first kappa shape index (κ1) is 31.5. The van der Waals surface area contributed by atoms with Crippen molar-refractivity contribution in [2.45, 2.75) is 56.3 Å². The molecule has 202 valence electrons. The monoisotopic (exact) mass is 516 g/mol. The average molecular weight is 517 g/mol. The highest BCUT2D eigenvalue weighted by atomic mass is 16.4. The maximum Gasteiger partial charge on any atom is 0.326 e. The van der Waals surface area contributed by atoms with Gasteiger partial charge in [-0.1, -0.05) is 0 Å². The van der Waals surface area contributed by atoms with E-state index in [0.717, 1.165) is 0 Å². The lowest BCUT2D eigenvalue weighted by atomic mass is 10.1. The molecule has 6 amide bonds. The molecule has 0 aliphatic rings. The zero-order valence-corrected chi connectivity index (χ0v) is 19.2. The van der Waals surface area contributed by atoms with Crippen LogP contribution in [0, 0.1) is 5.41 Å². The van der Waals surface area contributed by atoms with E-state index < -0.39 is 84.8 Å². The van der Waals surface area contributed by atoms with Gasteiger partial charge in [-0.15, -0.1) is 0 Å². The van der Waals surface area contributed by atoms with Crippen LogP contribution in [-0.2, 0) is 33.6 Å². The van der Waals surface area contributed by atoms with Crippen LogP contribution < -0.4 is 49.9 Å².